The average molecular weight is 432 g/mol. The number of hydrogen-bond donors (Lipinski definition) is 3. The van der Waals surface area contributed by atoms with Crippen LogP contribution in [0.25, 0.3) is 22.5 Å². The summed E-state index contributed by atoms with van der Waals surface area (Å²) in [6.07, 6.45) is 2.02. The second-order valence-electron chi connectivity index (χ2n) is 8.22. The fourth-order valence-electron chi connectivity index (χ4n) is 4.42. The second kappa shape index (κ2) is 8.03. The van der Waals surface area contributed by atoms with Gasteiger partial charge in [-0.1, -0.05) is 6.07 Å². The SMILES string of the molecule is CC(=O)NC[C@H]1CN(c2ccc3c(c2)-c2[nH]nc(-c4ccc(O)cc4)c2CCC3)C(=O)O1. The lowest BCUT2D eigenvalue weighted by Gasteiger charge is -2.16. The van der Waals surface area contributed by atoms with Crippen molar-refractivity contribution in [3.63, 3.8) is 0 Å². The van der Waals surface area contributed by atoms with Crippen molar-refractivity contribution in [2.45, 2.75) is 32.3 Å². The molecule has 0 radical (unpaired) electrons. The molecule has 1 fully saturated rings. The molecular weight excluding hydrogens is 408 g/mol. The smallest absolute Gasteiger partial charge is 0.414 e. The summed E-state index contributed by atoms with van der Waals surface area (Å²) in [7, 11) is 0. The van der Waals surface area contributed by atoms with E-state index in [9.17, 15) is 14.7 Å². The Morgan fingerprint density at radius 1 is 1.25 bits per heavy atom. The first-order valence-electron chi connectivity index (χ1n) is 10.7. The van der Waals surface area contributed by atoms with Gasteiger partial charge in [0.25, 0.3) is 0 Å². The molecule has 2 heterocycles. The number of carbonyl (C=O) groups is 2. The van der Waals surface area contributed by atoms with E-state index in [1.54, 1.807) is 17.0 Å². The van der Waals surface area contributed by atoms with Gasteiger partial charge in [-0.05, 0) is 61.2 Å². The molecule has 2 aromatic carbocycles. The highest BCUT2D eigenvalue weighted by Crippen LogP contribution is 2.38. The molecule has 0 saturated carbocycles. The van der Waals surface area contributed by atoms with Gasteiger partial charge in [0.15, 0.2) is 0 Å². The van der Waals surface area contributed by atoms with Crippen molar-refractivity contribution in [3.8, 4) is 28.3 Å². The van der Waals surface area contributed by atoms with E-state index in [1.807, 2.05) is 24.3 Å². The number of amides is 2. The summed E-state index contributed by atoms with van der Waals surface area (Å²) in [6.45, 7) is 2.12. The number of cyclic esters (lactones) is 1. The predicted octanol–water partition coefficient (Wildman–Crippen LogP) is 3.40. The molecule has 1 aromatic heterocycles. The molecule has 2 amide bonds. The molecule has 1 atom stereocenters. The number of benzene rings is 2. The van der Waals surface area contributed by atoms with Crippen molar-refractivity contribution in [2.75, 3.05) is 18.0 Å². The maximum absolute atomic E-state index is 12.5. The number of aromatic nitrogens is 2. The van der Waals surface area contributed by atoms with E-state index in [0.717, 1.165) is 53.0 Å². The van der Waals surface area contributed by atoms with Crippen LogP contribution in [0.4, 0.5) is 10.5 Å². The molecule has 3 N–H and O–H groups in total. The van der Waals surface area contributed by atoms with E-state index >= 15 is 0 Å². The first-order chi connectivity index (χ1) is 15.5. The van der Waals surface area contributed by atoms with Gasteiger partial charge in [0.1, 0.15) is 11.9 Å². The number of aromatic hydroxyl groups is 1. The molecule has 0 unspecified atom stereocenters. The Kier molecular flexibility index (Phi) is 5.05. The van der Waals surface area contributed by atoms with Crippen molar-refractivity contribution < 1.29 is 19.4 Å². The highest BCUT2D eigenvalue weighted by atomic mass is 16.6. The number of nitrogens with one attached hydrogen (secondary N) is 2. The topological polar surface area (TPSA) is 108 Å². The third kappa shape index (κ3) is 3.68. The van der Waals surface area contributed by atoms with Gasteiger partial charge in [-0.15, -0.1) is 0 Å². The first kappa shape index (κ1) is 20.1. The Bertz CT molecular complexity index is 1190. The number of rotatable bonds is 4. The molecule has 0 spiro atoms. The number of hydrogen-bond acceptors (Lipinski definition) is 5. The Labute approximate surface area is 185 Å². The standard InChI is InChI=1S/C24H24N4O4/c1-14(29)25-12-19-13-28(24(31)32-19)17-8-5-15-3-2-4-20-22(16-6-9-18(30)10-7-16)26-27-23(20)21(15)11-17/h5-11,19,30H,2-4,12-13H2,1H3,(H,25,29)(H,26,27)/t19-/m0/s1. The van der Waals surface area contributed by atoms with Crippen molar-refractivity contribution in [2.24, 2.45) is 0 Å². The zero-order valence-corrected chi connectivity index (χ0v) is 17.7. The molecule has 2 aliphatic rings. The van der Waals surface area contributed by atoms with Crippen LogP contribution in [0.15, 0.2) is 42.5 Å². The summed E-state index contributed by atoms with van der Waals surface area (Å²) in [5.74, 6) is 0.0698. The lowest BCUT2D eigenvalue weighted by molar-refractivity contribution is -0.119. The normalized spacial score (nSPS) is 17.3. The summed E-state index contributed by atoms with van der Waals surface area (Å²) < 4.78 is 5.42. The number of fused-ring (bicyclic) bond motifs is 3. The van der Waals surface area contributed by atoms with Gasteiger partial charge in [0, 0.05) is 29.3 Å². The van der Waals surface area contributed by atoms with E-state index in [0.29, 0.717) is 13.1 Å². The van der Waals surface area contributed by atoms with E-state index < -0.39 is 6.09 Å². The monoisotopic (exact) mass is 432 g/mol. The maximum Gasteiger partial charge on any atom is 0.414 e. The number of nitrogens with zero attached hydrogens (tertiary/aromatic N) is 2. The van der Waals surface area contributed by atoms with Crippen molar-refractivity contribution in [1.29, 1.82) is 0 Å². The molecule has 1 aliphatic heterocycles. The number of phenols is 1. The van der Waals surface area contributed by atoms with Crippen molar-refractivity contribution >= 4 is 17.7 Å². The van der Waals surface area contributed by atoms with E-state index in [4.69, 9.17) is 4.74 Å². The first-order valence-corrected chi connectivity index (χ1v) is 10.7. The molecule has 1 saturated heterocycles. The third-order valence-corrected chi connectivity index (χ3v) is 6.01. The average Bonchev–Trinajstić information content (AvgIpc) is 3.31. The summed E-state index contributed by atoms with van der Waals surface area (Å²) in [5, 5.41) is 20.1. The van der Waals surface area contributed by atoms with E-state index in [1.165, 1.54) is 12.5 Å². The zero-order chi connectivity index (χ0) is 22.2. The van der Waals surface area contributed by atoms with Crippen LogP contribution in [0.1, 0.15) is 24.5 Å². The molecule has 5 rings (SSSR count). The van der Waals surface area contributed by atoms with Crippen LogP contribution in [-0.4, -0.2) is 46.5 Å². The fraction of sp³-hybridized carbons (Fsp3) is 0.292. The number of carbonyl (C=O) groups excluding carboxylic acids is 2. The van der Waals surface area contributed by atoms with Gasteiger partial charge in [0.05, 0.1) is 24.5 Å². The molecule has 164 valence electrons. The lowest BCUT2D eigenvalue weighted by Crippen LogP contribution is -2.33. The second-order valence-corrected chi connectivity index (χ2v) is 8.22. The quantitative estimate of drug-likeness (QED) is 0.586. The lowest BCUT2D eigenvalue weighted by atomic mass is 9.99. The van der Waals surface area contributed by atoms with Gasteiger partial charge < -0.3 is 15.2 Å². The van der Waals surface area contributed by atoms with E-state index in [-0.39, 0.29) is 17.8 Å². The zero-order valence-electron chi connectivity index (χ0n) is 17.7. The minimum Gasteiger partial charge on any atom is -0.508 e. The number of aromatic amines is 1. The van der Waals surface area contributed by atoms with Crippen LogP contribution in [0.2, 0.25) is 0 Å². The van der Waals surface area contributed by atoms with E-state index in [2.05, 4.69) is 21.6 Å². The molecule has 3 aromatic rings. The van der Waals surface area contributed by atoms with Gasteiger partial charge in [-0.2, -0.15) is 5.10 Å². The molecule has 8 nitrogen and oxygen atoms in total. The molecular formula is C24H24N4O4. The molecule has 1 aliphatic carbocycles. The Hall–Kier alpha value is -3.81. The Balaban J connectivity index is 1.48. The number of aryl methyl sites for hydroxylation is 1. The van der Waals surface area contributed by atoms with Crippen LogP contribution in [0.5, 0.6) is 5.75 Å². The van der Waals surface area contributed by atoms with Crippen LogP contribution in [-0.2, 0) is 22.4 Å². The van der Waals surface area contributed by atoms with Crippen LogP contribution < -0.4 is 10.2 Å². The van der Waals surface area contributed by atoms with Gasteiger partial charge in [-0.3, -0.25) is 14.8 Å². The highest BCUT2D eigenvalue weighted by molar-refractivity contribution is 5.91. The number of ether oxygens (including phenoxy) is 1. The largest absolute Gasteiger partial charge is 0.508 e. The summed E-state index contributed by atoms with van der Waals surface area (Å²) >= 11 is 0. The summed E-state index contributed by atoms with van der Waals surface area (Å²) in [6, 6.07) is 13.1. The van der Waals surface area contributed by atoms with Crippen molar-refractivity contribution in [3.05, 3.63) is 53.6 Å². The number of anilines is 1. The van der Waals surface area contributed by atoms with Gasteiger partial charge in [0.2, 0.25) is 5.91 Å². The van der Waals surface area contributed by atoms with Crippen LogP contribution in [0, 0.1) is 0 Å². The minimum absolute atomic E-state index is 0.152. The Morgan fingerprint density at radius 2 is 2.06 bits per heavy atom. The summed E-state index contributed by atoms with van der Waals surface area (Å²) in [4.78, 5) is 25.3. The summed E-state index contributed by atoms with van der Waals surface area (Å²) in [5.41, 5.74) is 6.93. The van der Waals surface area contributed by atoms with Crippen LogP contribution >= 0.6 is 0 Å². The molecule has 32 heavy (non-hydrogen) atoms. The number of phenolic OH excluding ortho intramolecular Hbond substituents is 1. The van der Waals surface area contributed by atoms with Crippen LogP contribution in [0.3, 0.4) is 0 Å². The minimum atomic E-state index is -0.413. The Morgan fingerprint density at radius 3 is 2.84 bits per heavy atom. The van der Waals surface area contributed by atoms with Gasteiger partial charge >= 0.3 is 6.09 Å². The predicted molar refractivity (Wildman–Crippen MR) is 119 cm³/mol. The number of H-pyrrole nitrogens is 1. The molecule has 0 bridgehead atoms. The fourth-order valence-corrected chi connectivity index (χ4v) is 4.42. The van der Waals surface area contributed by atoms with Gasteiger partial charge in [-0.25, -0.2) is 4.79 Å². The van der Waals surface area contributed by atoms with Crippen molar-refractivity contribution in [1.82, 2.24) is 15.5 Å². The third-order valence-electron chi connectivity index (χ3n) is 6.01. The molecule has 8 heteroatoms. The maximum atomic E-state index is 12.5. The highest BCUT2D eigenvalue weighted by Gasteiger charge is 2.33.